The minimum Gasteiger partial charge on any atom is -0.494 e. The number of nitrogens with one attached hydrogen (secondary N) is 1. The summed E-state index contributed by atoms with van der Waals surface area (Å²) in [7, 11) is -2.49. The highest BCUT2D eigenvalue weighted by Gasteiger charge is 2.17. The standard InChI is InChI=1S/C14H22N2O5S/c1-10(22(18,19)20)7-8-21-12-5-3-11(4-6-12)9-13(15)14(17)16-2/h3-6,10,13H,7-9,15H2,1-2H3,(H,16,17)(H,18,19,20)/t10?,13-/m0/s1. The molecule has 2 atom stereocenters. The third-order valence-corrected chi connectivity index (χ3v) is 4.52. The third kappa shape index (κ3) is 6.00. The first-order valence-corrected chi connectivity index (χ1v) is 8.39. The van der Waals surface area contributed by atoms with Crippen LogP contribution < -0.4 is 15.8 Å². The van der Waals surface area contributed by atoms with Crippen LogP contribution in [0.5, 0.6) is 5.75 Å². The lowest BCUT2D eigenvalue weighted by Crippen LogP contribution is -2.40. The molecule has 0 heterocycles. The van der Waals surface area contributed by atoms with Crippen molar-refractivity contribution in [1.82, 2.24) is 5.32 Å². The summed E-state index contributed by atoms with van der Waals surface area (Å²) in [5.41, 5.74) is 6.63. The molecule has 7 nitrogen and oxygen atoms in total. The van der Waals surface area contributed by atoms with Crippen molar-refractivity contribution < 1.29 is 22.5 Å². The van der Waals surface area contributed by atoms with Crippen molar-refractivity contribution in [3.63, 3.8) is 0 Å². The lowest BCUT2D eigenvalue weighted by atomic mass is 10.1. The smallest absolute Gasteiger partial charge is 0.267 e. The molecule has 0 bridgehead atoms. The Bertz CT molecular complexity index is 586. The van der Waals surface area contributed by atoms with Gasteiger partial charge >= 0.3 is 0 Å². The van der Waals surface area contributed by atoms with E-state index in [1.807, 2.05) is 0 Å². The van der Waals surface area contributed by atoms with E-state index in [4.69, 9.17) is 15.0 Å². The first-order chi connectivity index (χ1) is 10.2. The average molecular weight is 330 g/mol. The predicted octanol–water partition coefficient (Wildman–Crippen LogP) is 0.348. The molecule has 1 unspecified atom stereocenters. The van der Waals surface area contributed by atoms with Crippen LogP contribution in [-0.2, 0) is 21.3 Å². The van der Waals surface area contributed by atoms with Crippen LogP contribution in [0.1, 0.15) is 18.9 Å². The highest BCUT2D eigenvalue weighted by molar-refractivity contribution is 7.86. The molecule has 1 aromatic rings. The minimum absolute atomic E-state index is 0.179. The van der Waals surface area contributed by atoms with E-state index in [2.05, 4.69) is 5.32 Å². The van der Waals surface area contributed by atoms with Crippen molar-refractivity contribution in [1.29, 1.82) is 0 Å². The number of hydrogen-bond acceptors (Lipinski definition) is 5. The van der Waals surface area contributed by atoms with Gasteiger partial charge in [-0.05, 0) is 31.0 Å². The minimum atomic E-state index is -4.02. The molecule has 0 spiro atoms. The van der Waals surface area contributed by atoms with Crippen molar-refractivity contribution >= 4 is 16.0 Å². The number of nitrogens with two attached hydrogens (primary N) is 1. The quantitative estimate of drug-likeness (QED) is 0.592. The summed E-state index contributed by atoms with van der Waals surface area (Å²) in [6.07, 6.45) is 0.613. The van der Waals surface area contributed by atoms with Gasteiger partial charge < -0.3 is 15.8 Å². The van der Waals surface area contributed by atoms with E-state index in [0.29, 0.717) is 12.2 Å². The fraction of sp³-hybridized carbons (Fsp3) is 0.500. The number of benzene rings is 1. The Morgan fingerprint density at radius 2 is 1.95 bits per heavy atom. The van der Waals surface area contributed by atoms with Gasteiger partial charge in [-0.15, -0.1) is 0 Å². The van der Waals surface area contributed by atoms with Gasteiger partial charge in [0.25, 0.3) is 10.1 Å². The first-order valence-electron chi connectivity index (χ1n) is 6.89. The molecule has 0 saturated heterocycles. The predicted molar refractivity (Wildman–Crippen MR) is 83.3 cm³/mol. The Morgan fingerprint density at radius 3 is 2.45 bits per heavy atom. The Hall–Kier alpha value is -1.64. The van der Waals surface area contributed by atoms with Gasteiger partial charge in [0.05, 0.1) is 17.9 Å². The number of likely N-dealkylation sites (N-methyl/N-ethyl adjacent to an activating group) is 1. The van der Waals surface area contributed by atoms with E-state index in [0.717, 1.165) is 5.56 Å². The van der Waals surface area contributed by atoms with Gasteiger partial charge in [0, 0.05) is 13.5 Å². The highest BCUT2D eigenvalue weighted by Crippen LogP contribution is 2.14. The van der Waals surface area contributed by atoms with Gasteiger partial charge in [-0.3, -0.25) is 9.35 Å². The first kappa shape index (κ1) is 18.4. The fourth-order valence-electron chi connectivity index (χ4n) is 1.75. The van der Waals surface area contributed by atoms with Gasteiger partial charge in [-0.25, -0.2) is 0 Å². The topological polar surface area (TPSA) is 119 Å². The van der Waals surface area contributed by atoms with Crippen LogP contribution in [0, 0.1) is 0 Å². The van der Waals surface area contributed by atoms with E-state index >= 15 is 0 Å². The van der Waals surface area contributed by atoms with Crippen LogP contribution in [0.2, 0.25) is 0 Å². The molecule has 0 aliphatic carbocycles. The second-order valence-electron chi connectivity index (χ2n) is 5.03. The molecule has 22 heavy (non-hydrogen) atoms. The van der Waals surface area contributed by atoms with E-state index in [9.17, 15) is 13.2 Å². The molecule has 1 aromatic carbocycles. The molecular formula is C14H22N2O5S. The number of carbonyl (C=O) groups is 1. The summed E-state index contributed by atoms with van der Waals surface area (Å²) in [6, 6.07) is 6.44. The molecular weight excluding hydrogens is 308 g/mol. The molecule has 0 fully saturated rings. The zero-order valence-electron chi connectivity index (χ0n) is 12.7. The maximum Gasteiger partial charge on any atom is 0.267 e. The summed E-state index contributed by atoms with van der Waals surface area (Å²) in [5.74, 6) is 0.360. The second kappa shape index (κ2) is 8.11. The van der Waals surface area contributed by atoms with Crippen LogP contribution in [0.15, 0.2) is 24.3 Å². The SMILES string of the molecule is CNC(=O)[C@@H](N)Cc1ccc(OCCC(C)S(=O)(=O)O)cc1. The Morgan fingerprint density at radius 1 is 1.36 bits per heavy atom. The van der Waals surface area contributed by atoms with Crippen molar-refractivity contribution in [2.75, 3.05) is 13.7 Å². The Kier molecular flexibility index (Phi) is 6.79. The van der Waals surface area contributed by atoms with Crippen molar-refractivity contribution in [2.24, 2.45) is 5.73 Å². The van der Waals surface area contributed by atoms with Crippen molar-refractivity contribution in [2.45, 2.75) is 31.1 Å². The largest absolute Gasteiger partial charge is 0.494 e. The zero-order valence-corrected chi connectivity index (χ0v) is 13.5. The van der Waals surface area contributed by atoms with Crippen molar-refractivity contribution in [3.05, 3.63) is 29.8 Å². The molecule has 0 aliphatic heterocycles. The van der Waals surface area contributed by atoms with Gasteiger partial charge in [0.1, 0.15) is 5.75 Å². The molecule has 124 valence electrons. The highest BCUT2D eigenvalue weighted by atomic mass is 32.2. The zero-order chi connectivity index (χ0) is 16.8. The Labute approximate surface area is 130 Å². The van der Waals surface area contributed by atoms with Gasteiger partial charge in [-0.1, -0.05) is 12.1 Å². The third-order valence-electron chi connectivity index (χ3n) is 3.26. The van der Waals surface area contributed by atoms with E-state index in [1.165, 1.54) is 14.0 Å². The molecule has 0 aliphatic rings. The van der Waals surface area contributed by atoms with E-state index in [-0.39, 0.29) is 18.9 Å². The lowest BCUT2D eigenvalue weighted by molar-refractivity contribution is -0.121. The number of ether oxygens (including phenoxy) is 1. The molecule has 1 amide bonds. The van der Waals surface area contributed by atoms with Gasteiger partial charge in [0.2, 0.25) is 5.91 Å². The summed E-state index contributed by atoms with van der Waals surface area (Å²) in [4.78, 5) is 11.3. The molecule has 0 radical (unpaired) electrons. The maximum absolute atomic E-state index is 11.3. The second-order valence-corrected chi connectivity index (χ2v) is 6.87. The normalized spacial score (nSPS) is 14.2. The van der Waals surface area contributed by atoms with E-state index in [1.54, 1.807) is 24.3 Å². The molecule has 4 N–H and O–H groups in total. The van der Waals surface area contributed by atoms with Crippen LogP contribution >= 0.6 is 0 Å². The maximum atomic E-state index is 11.3. The van der Waals surface area contributed by atoms with Crippen LogP contribution in [0.3, 0.4) is 0 Å². The average Bonchev–Trinajstić information content (AvgIpc) is 2.47. The Balaban J connectivity index is 2.47. The molecule has 0 aromatic heterocycles. The summed E-state index contributed by atoms with van der Waals surface area (Å²) >= 11 is 0. The molecule has 0 saturated carbocycles. The van der Waals surface area contributed by atoms with Gasteiger partial charge in [-0.2, -0.15) is 8.42 Å². The van der Waals surface area contributed by atoms with Crippen LogP contribution in [0.25, 0.3) is 0 Å². The van der Waals surface area contributed by atoms with Gasteiger partial charge in [0.15, 0.2) is 0 Å². The van der Waals surface area contributed by atoms with Crippen LogP contribution in [-0.4, -0.2) is 43.8 Å². The van der Waals surface area contributed by atoms with E-state index < -0.39 is 21.4 Å². The molecule has 8 heteroatoms. The van der Waals surface area contributed by atoms with Crippen molar-refractivity contribution in [3.8, 4) is 5.75 Å². The number of rotatable bonds is 8. The number of hydrogen-bond donors (Lipinski definition) is 3. The summed E-state index contributed by atoms with van der Waals surface area (Å²) in [5, 5.41) is 1.63. The number of amides is 1. The fourth-order valence-corrected chi connectivity index (χ4v) is 2.14. The molecule has 1 rings (SSSR count). The summed E-state index contributed by atoms with van der Waals surface area (Å²) < 4.78 is 36.0. The lowest BCUT2D eigenvalue weighted by Gasteiger charge is -2.12. The summed E-state index contributed by atoms with van der Waals surface area (Å²) in [6.45, 7) is 1.60. The monoisotopic (exact) mass is 330 g/mol. The van der Waals surface area contributed by atoms with Crippen LogP contribution in [0.4, 0.5) is 0 Å². The number of carbonyl (C=O) groups excluding carboxylic acids is 1.